The Bertz CT molecular complexity index is 445. The summed E-state index contributed by atoms with van der Waals surface area (Å²) in [5, 5.41) is 0. The quantitative estimate of drug-likeness (QED) is 0.892. The zero-order valence-electron chi connectivity index (χ0n) is 12.8. The fourth-order valence-electron chi connectivity index (χ4n) is 3.65. The second kappa shape index (κ2) is 5.54. The van der Waals surface area contributed by atoms with Gasteiger partial charge in [-0.2, -0.15) is 0 Å². The van der Waals surface area contributed by atoms with E-state index in [4.69, 9.17) is 10.5 Å². The van der Waals surface area contributed by atoms with E-state index in [1.807, 2.05) is 0 Å². The van der Waals surface area contributed by atoms with E-state index in [0.29, 0.717) is 5.92 Å². The average Bonchev–Trinajstić information content (AvgIpc) is 2.88. The molecule has 0 aliphatic heterocycles. The molecule has 106 valence electrons. The van der Waals surface area contributed by atoms with Crippen molar-refractivity contribution in [3.63, 3.8) is 0 Å². The van der Waals surface area contributed by atoms with Crippen LogP contribution in [0.25, 0.3) is 0 Å². The average molecular weight is 261 g/mol. The van der Waals surface area contributed by atoms with Crippen LogP contribution in [-0.4, -0.2) is 13.7 Å². The molecule has 0 heterocycles. The van der Waals surface area contributed by atoms with Crippen LogP contribution in [0.5, 0.6) is 5.75 Å². The first-order chi connectivity index (χ1) is 9.05. The van der Waals surface area contributed by atoms with Gasteiger partial charge >= 0.3 is 0 Å². The summed E-state index contributed by atoms with van der Waals surface area (Å²) in [7, 11) is 1.78. The van der Waals surface area contributed by atoms with E-state index in [9.17, 15) is 0 Å². The van der Waals surface area contributed by atoms with E-state index in [0.717, 1.165) is 12.3 Å². The van der Waals surface area contributed by atoms with Gasteiger partial charge in [-0.15, -0.1) is 0 Å². The van der Waals surface area contributed by atoms with Gasteiger partial charge in [0.1, 0.15) is 5.75 Å². The normalized spacial score (nSPS) is 18.0. The summed E-state index contributed by atoms with van der Waals surface area (Å²) in [5.74, 6) is 1.53. The molecule has 1 fully saturated rings. The molecule has 2 heteroatoms. The molecule has 0 saturated heterocycles. The summed E-state index contributed by atoms with van der Waals surface area (Å²) in [6.07, 6.45) is 5.03. The Kier molecular flexibility index (Phi) is 4.19. The molecule has 1 aromatic rings. The lowest BCUT2D eigenvalue weighted by Gasteiger charge is -2.33. The van der Waals surface area contributed by atoms with Crippen molar-refractivity contribution < 1.29 is 4.74 Å². The summed E-state index contributed by atoms with van der Waals surface area (Å²) in [4.78, 5) is 0. The Balaban J connectivity index is 2.62. The van der Waals surface area contributed by atoms with Gasteiger partial charge in [0.2, 0.25) is 0 Å². The molecule has 0 atom stereocenters. The highest BCUT2D eigenvalue weighted by molar-refractivity contribution is 5.51. The summed E-state index contributed by atoms with van der Waals surface area (Å²) < 4.78 is 5.69. The van der Waals surface area contributed by atoms with Crippen LogP contribution in [0, 0.1) is 6.92 Å². The Morgan fingerprint density at radius 2 is 1.89 bits per heavy atom. The Labute approximate surface area is 117 Å². The van der Waals surface area contributed by atoms with E-state index < -0.39 is 0 Å². The van der Waals surface area contributed by atoms with Crippen molar-refractivity contribution in [1.82, 2.24) is 0 Å². The minimum Gasteiger partial charge on any atom is -0.496 e. The topological polar surface area (TPSA) is 35.2 Å². The molecule has 0 spiro atoms. The molecule has 19 heavy (non-hydrogen) atoms. The number of nitrogens with two attached hydrogens (primary N) is 1. The molecule has 1 saturated carbocycles. The summed E-state index contributed by atoms with van der Waals surface area (Å²) >= 11 is 0. The Morgan fingerprint density at radius 3 is 2.37 bits per heavy atom. The molecule has 0 bridgehead atoms. The predicted octanol–water partition coefficient (Wildman–Crippen LogP) is 3.90. The van der Waals surface area contributed by atoms with Crippen molar-refractivity contribution in [3.05, 3.63) is 28.8 Å². The van der Waals surface area contributed by atoms with Crippen molar-refractivity contribution in [1.29, 1.82) is 0 Å². The smallest absolute Gasteiger partial charge is 0.125 e. The first kappa shape index (κ1) is 14.4. The van der Waals surface area contributed by atoms with Crippen molar-refractivity contribution >= 4 is 0 Å². The van der Waals surface area contributed by atoms with E-state index in [1.54, 1.807) is 7.11 Å². The van der Waals surface area contributed by atoms with Crippen molar-refractivity contribution in [2.75, 3.05) is 13.7 Å². The number of ether oxygens (including phenoxy) is 1. The largest absolute Gasteiger partial charge is 0.496 e. The number of hydrogen-bond donors (Lipinski definition) is 1. The van der Waals surface area contributed by atoms with E-state index in [1.165, 1.54) is 42.4 Å². The van der Waals surface area contributed by atoms with Crippen LogP contribution in [-0.2, 0) is 5.41 Å². The number of hydrogen-bond acceptors (Lipinski definition) is 2. The summed E-state index contributed by atoms with van der Waals surface area (Å²) in [6.45, 7) is 7.37. The van der Waals surface area contributed by atoms with Crippen LogP contribution in [0.1, 0.15) is 62.1 Å². The van der Waals surface area contributed by atoms with Gasteiger partial charge in [-0.1, -0.05) is 38.8 Å². The molecular formula is C17H27NO. The zero-order chi connectivity index (χ0) is 14.0. The van der Waals surface area contributed by atoms with E-state index >= 15 is 0 Å². The molecule has 0 amide bonds. The van der Waals surface area contributed by atoms with Crippen LogP contribution < -0.4 is 10.5 Å². The van der Waals surface area contributed by atoms with Crippen LogP contribution in [0.15, 0.2) is 12.1 Å². The molecule has 1 aliphatic rings. The van der Waals surface area contributed by atoms with Crippen molar-refractivity contribution in [3.8, 4) is 5.75 Å². The molecule has 0 radical (unpaired) electrons. The van der Waals surface area contributed by atoms with E-state index in [2.05, 4.69) is 32.9 Å². The summed E-state index contributed by atoms with van der Waals surface area (Å²) in [6, 6.07) is 4.49. The number of aryl methyl sites for hydroxylation is 1. The van der Waals surface area contributed by atoms with Gasteiger partial charge in [-0.05, 0) is 36.8 Å². The Hall–Kier alpha value is -1.02. The van der Waals surface area contributed by atoms with Gasteiger partial charge < -0.3 is 10.5 Å². The third-order valence-corrected chi connectivity index (χ3v) is 4.70. The highest BCUT2D eigenvalue weighted by Crippen LogP contribution is 2.46. The zero-order valence-corrected chi connectivity index (χ0v) is 12.8. The van der Waals surface area contributed by atoms with Gasteiger partial charge in [0.05, 0.1) is 7.11 Å². The van der Waals surface area contributed by atoms with Gasteiger partial charge in [0.15, 0.2) is 0 Å². The molecule has 0 unspecified atom stereocenters. The SMILES string of the molecule is COc1c(C)ccc(C2(CN)CCCC2)c1C(C)C. The van der Waals surface area contributed by atoms with Gasteiger partial charge in [0.25, 0.3) is 0 Å². The maximum absolute atomic E-state index is 6.16. The molecule has 0 aromatic heterocycles. The lowest BCUT2D eigenvalue weighted by molar-refractivity contribution is 0.394. The first-order valence-electron chi connectivity index (χ1n) is 7.44. The van der Waals surface area contributed by atoms with Gasteiger partial charge in [0, 0.05) is 17.5 Å². The lowest BCUT2D eigenvalue weighted by atomic mass is 9.74. The number of rotatable bonds is 4. The fraction of sp³-hybridized carbons (Fsp3) is 0.647. The minimum absolute atomic E-state index is 0.181. The molecule has 1 aliphatic carbocycles. The standard InChI is InChI=1S/C17H27NO/c1-12(2)15-14(8-7-13(3)16(15)19-4)17(11-18)9-5-6-10-17/h7-8,12H,5-6,9-11,18H2,1-4H3. The van der Waals surface area contributed by atoms with Crippen LogP contribution >= 0.6 is 0 Å². The van der Waals surface area contributed by atoms with Crippen LogP contribution in [0.2, 0.25) is 0 Å². The molecule has 2 rings (SSSR count). The van der Waals surface area contributed by atoms with Crippen LogP contribution in [0.3, 0.4) is 0 Å². The molecule has 2 N–H and O–H groups in total. The van der Waals surface area contributed by atoms with Crippen molar-refractivity contribution in [2.24, 2.45) is 5.73 Å². The maximum atomic E-state index is 6.16. The third-order valence-electron chi connectivity index (χ3n) is 4.70. The Morgan fingerprint density at radius 1 is 1.26 bits per heavy atom. The highest BCUT2D eigenvalue weighted by Gasteiger charge is 2.37. The third kappa shape index (κ3) is 2.38. The predicted molar refractivity (Wildman–Crippen MR) is 81.0 cm³/mol. The maximum Gasteiger partial charge on any atom is 0.125 e. The second-order valence-electron chi connectivity index (χ2n) is 6.22. The molecule has 2 nitrogen and oxygen atoms in total. The van der Waals surface area contributed by atoms with Gasteiger partial charge in [-0.25, -0.2) is 0 Å². The summed E-state index contributed by atoms with van der Waals surface area (Å²) in [5.41, 5.74) is 10.4. The fourth-order valence-corrected chi connectivity index (χ4v) is 3.65. The van der Waals surface area contributed by atoms with Crippen molar-refractivity contribution in [2.45, 2.75) is 57.8 Å². The first-order valence-corrected chi connectivity index (χ1v) is 7.44. The van der Waals surface area contributed by atoms with Crippen LogP contribution in [0.4, 0.5) is 0 Å². The number of benzene rings is 1. The highest BCUT2D eigenvalue weighted by atomic mass is 16.5. The second-order valence-corrected chi connectivity index (χ2v) is 6.22. The molecular weight excluding hydrogens is 234 g/mol. The van der Waals surface area contributed by atoms with Gasteiger partial charge in [-0.3, -0.25) is 0 Å². The molecule has 1 aromatic carbocycles. The minimum atomic E-state index is 0.181. The number of methoxy groups -OCH3 is 1. The lowest BCUT2D eigenvalue weighted by Crippen LogP contribution is -2.33. The monoisotopic (exact) mass is 261 g/mol. The van der Waals surface area contributed by atoms with E-state index in [-0.39, 0.29) is 5.41 Å².